The van der Waals surface area contributed by atoms with Crippen molar-refractivity contribution in [2.24, 2.45) is 35.5 Å². The van der Waals surface area contributed by atoms with Crippen LogP contribution in [0.25, 0.3) is 0 Å². The summed E-state index contributed by atoms with van der Waals surface area (Å²) in [5.74, 6) is 6.05. The van der Waals surface area contributed by atoms with E-state index in [1.807, 2.05) is 24.5 Å². The van der Waals surface area contributed by atoms with Crippen LogP contribution in [0.1, 0.15) is 140 Å². The van der Waals surface area contributed by atoms with E-state index in [2.05, 4.69) is 44.5 Å². The molecule has 0 spiro atoms. The van der Waals surface area contributed by atoms with E-state index in [0.717, 1.165) is 99.8 Å². The molecule has 300 valence electrons. The number of aromatic nitrogens is 2. The molecule has 0 unspecified atom stereocenters. The van der Waals surface area contributed by atoms with Crippen molar-refractivity contribution in [2.75, 3.05) is 52.9 Å². The van der Waals surface area contributed by atoms with Crippen molar-refractivity contribution in [1.82, 2.24) is 9.97 Å². The first kappa shape index (κ1) is 43.1. The van der Waals surface area contributed by atoms with E-state index >= 15 is 0 Å². The van der Waals surface area contributed by atoms with E-state index < -0.39 is 0 Å². The fraction of sp³-hybridized carbons (Fsp3) is 0.783. The molecule has 12 fully saturated rings. The Bertz CT molecular complexity index is 1140. The summed E-state index contributed by atoms with van der Waals surface area (Å²) in [7, 11) is 0. The van der Waals surface area contributed by atoms with Gasteiger partial charge in [0.05, 0.1) is 0 Å². The van der Waals surface area contributed by atoms with Gasteiger partial charge in [-0.25, -0.2) is 9.98 Å². The monoisotopic (exact) mass is 769 g/mol. The normalized spacial score (nSPS) is 35.7. The summed E-state index contributed by atoms with van der Waals surface area (Å²) in [6, 6.07) is 8.17. The van der Waals surface area contributed by atoms with Gasteiger partial charge in [0.25, 0.3) is 0 Å². The predicted molar refractivity (Wildman–Crippen MR) is 220 cm³/mol. The van der Waals surface area contributed by atoms with Crippen LogP contribution in [0.2, 0.25) is 0 Å². The van der Waals surface area contributed by atoms with Crippen molar-refractivity contribution in [1.29, 1.82) is 0 Å². The van der Waals surface area contributed by atoms with Crippen LogP contribution in [0.5, 0.6) is 0 Å². The Balaban J connectivity index is 0.000000125. The number of rotatable bonds is 4. The Hall–Kier alpha value is -1.49. The van der Waals surface area contributed by atoms with Gasteiger partial charge in [-0.2, -0.15) is 12.4 Å². The Morgan fingerprint density at radius 1 is 0.436 bits per heavy atom. The summed E-state index contributed by atoms with van der Waals surface area (Å²) >= 11 is 0. The summed E-state index contributed by atoms with van der Waals surface area (Å²) in [5.41, 5.74) is 3.02. The van der Waals surface area contributed by atoms with E-state index in [1.165, 1.54) is 128 Å². The van der Waals surface area contributed by atoms with Gasteiger partial charge in [-0.05, 0) is 125 Å². The number of ether oxygens (including phenoxy) is 4. The molecule has 9 heteroatoms. The standard InChI is InChI=1S/2C15H19N2.4C4H8O.Mg/c2*1-2-14(16-3-1)10-17-15-7-11-4-12(8-15)6-13(5-11)9-15;4*1-2-4-5-3-1;/h2*1-3,10-13H,4-9H2;4*1-4H2;/q2*-1;;;;;+2/p+2. The first-order valence-corrected chi connectivity index (χ1v) is 22.3. The van der Waals surface area contributed by atoms with E-state index in [0.29, 0.717) is 11.1 Å². The molecule has 0 aromatic carbocycles. The molecule has 8 saturated carbocycles. The third kappa shape index (κ3) is 13.8. The zero-order valence-corrected chi connectivity index (χ0v) is 35.5. The van der Waals surface area contributed by atoms with Crippen LogP contribution in [-0.2, 0) is 18.9 Å². The Morgan fingerprint density at radius 3 is 0.873 bits per heavy atom. The molecule has 8 aliphatic carbocycles. The molecule has 2 aromatic rings. The smallest absolute Gasteiger partial charge is 0.659 e. The molecule has 8 bridgehead atoms. The van der Waals surface area contributed by atoms with Gasteiger partial charge in [0.15, 0.2) is 11.1 Å². The van der Waals surface area contributed by atoms with Crippen molar-refractivity contribution >= 4 is 35.5 Å². The fourth-order valence-corrected chi connectivity index (χ4v) is 11.9. The predicted octanol–water partition coefficient (Wildman–Crippen LogP) is 5.03. The molecule has 0 atom stereocenters. The van der Waals surface area contributed by atoms with E-state index in [4.69, 9.17) is 18.9 Å². The van der Waals surface area contributed by atoms with Crippen LogP contribution in [0.3, 0.4) is 0 Å². The Kier molecular flexibility index (Phi) is 17.7. The minimum absolute atomic E-state index is 0. The van der Waals surface area contributed by atoms with Crippen LogP contribution >= 0.6 is 0 Å². The van der Waals surface area contributed by atoms with Crippen molar-refractivity contribution in [3.8, 4) is 0 Å². The molecule has 0 amide bonds. The van der Waals surface area contributed by atoms with Gasteiger partial charge >= 0.3 is 23.1 Å². The molecule has 4 aliphatic heterocycles. The Labute approximate surface area is 348 Å². The van der Waals surface area contributed by atoms with Gasteiger partial charge in [-0.3, -0.25) is 0 Å². The molecule has 14 rings (SSSR count). The van der Waals surface area contributed by atoms with Crippen molar-refractivity contribution < 1.29 is 28.9 Å². The number of hydrogen-bond acceptors (Lipinski definition) is 4. The van der Waals surface area contributed by atoms with E-state index in [-0.39, 0.29) is 23.1 Å². The number of nitrogens with one attached hydrogen (secondary N) is 2. The van der Waals surface area contributed by atoms with Crippen LogP contribution in [0.4, 0.5) is 0 Å². The minimum Gasteiger partial charge on any atom is -0.659 e. The Morgan fingerprint density at radius 2 is 0.691 bits per heavy atom. The van der Waals surface area contributed by atoms with Crippen LogP contribution in [0, 0.1) is 35.5 Å². The van der Waals surface area contributed by atoms with Crippen molar-refractivity contribution in [3.05, 3.63) is 48.0 Å². The number of hydrogen-bond donors (Lipinski definition) is 2. The molecular weight excluding hydrogens is 697 g/mol. The van der Waals surface area contributed by atoms with E-state index in [9.17, 15) is 0 Å². The molecule has 6 heterocycles. The van der Waals surface area contributed by atoms with Gasteiger partial charge in [-0.15, -0.1) is 0 Å². The summed E-state index contributed by atoms with van der Waals surface area (Å²) < 4.78 is 19.8. The maximum atomic E-state index is 4.94. The van der Waals surface area contributed by atoms with Crippen LogP contribution < -0.4 is 20.0 Å². The van der Waals surface area contributed by atoms with Crippen LogP contribution in [0.15, 0.2) is 36.7 Å². The fourth-order valence-electron chi connectivity index (χ4n) is 11.9. The largest absolute Gasteiger partial charge is 2.00 e. The van der Waals surface area contributed by atoms with Gasteiger partial charge < -0.3 is 28.9 Å². The maximum absolute atomic E-state index is 4.94. The first-order valence-electron chi connectivity index (χ1n) is 22.3. The minimum atomic E-state index is 0. The molecule has 55 heavy (non-hydrogen) atoms. The van der Waals surface area contributed by atoms with Gasteiger partial charge in [0, 0.05) is 91.4 Å². The van der Waals surface area contributed by atoms with Crippen LogP contribution in [-0.4, -0.2) is 99.4 Å². The third-order valence-corrected chi connectivity index (χ3v) is 13.6. The third-order valence-electron chi connectivity index (χ3n) is 13.6. The molecular formula is C46H72MgN4O4+2. The second-order valence-corrected chi connectivity index (χ2v) is 18.4. The van der Waals surface area contributed by atoms with Gasteiger partial charge in [0.2, 0.25) is 0 Å². The van der Waals surface area contributed by atoms with Crippen molar-refractivity contribution in [2.45, 2.75) is 139 Å². The molecule has 2 aromatic heterocycles. The second kappa shape index (κ2) is 22.6. The summed E-state index contributed by atoms with van der Waals surface area (Å²) in [4.78, 5) is 16.1. The SMILES string of the molecule is C(=[NH+]C12CC3CC(CC(C3)C1)C2)c1ccc[n-]1.C(=[NH+]C12CC3CC(CC(C3)C1)C2)c1ccc[n-]1.C1CCOC1.C1CCOC1.C1CCOC1.C1CCOC1.[Mg+2]. The quantitative estimate of drug-likeness (QED) is 0.335. The summed E-state index contributed by atoms with van der Waals surface area (Å²) in [5, 5.41) is 0. The zero-order valence-electron chi connectivity index (χ0n) is 34.1. The first-order chi connectivity index (χ1) is 26.6. The average molecular weight is 769 g/mol. The summed E-state index contributed by atoms with van der Waals surface area (Å²) in [6.45, 7) is 8.00. The second-order valence-electron chi connectivity index (χ2n) is 18.4. The topological polar surface area (TPSA) is 93.1 Å². The van der Waals surface area contributed by atoms with E-state index in [1.54, 1.807) is 0 Å². The zero-order chi connectivity index (χ0) is 36.7. The average Bonchev–Trinajstić information content (AvgIpc) is 4.05. The van der Waals surface area contributed by atoms with Crippen molar-refractivity contribution in [3.63, 3.8) is 0 Å². The molecule has 8 nitrogen and oxygen atoms in total. The van der Waals surface area contributed by atoms with Gasteiger partial charge in [0.1, 0.15) is 12.4 Å². The molecule has 0 radical (unpaired) electrons. The number of nitrogens with zero attached hydrogens (tertiary/aromatic N) is 2. The molecule has 2 N–H and O–H groups in total. The molecule has 4 saturated heterocycles. The van der Waals surface area contributed by atoms with Gasteiger partial charge in [-0.1, -0.05) is 35.7 Å². The maximum Gasteiger partial charge on any atom is 2.00 e. The summed E-state index contributed by atoms with van der Waals surface area (Å²) in [6.07, 6.45) is 35.7. The molecule has 12 aliphatic rings.